The van der Waals surface area contributed by atoms with E-state index in [1.54, 1.807) is 16.7 Å². The van der Waals surface area contributed by atoms with Crippen LogP contribution < -0.4 is 10.6 Å². The maximum Gasteiger partial charge on any atom is 0.416 e. The summed E-state index contributed by atoms with van der Waals surface area (Å²) in [5.41, 5.74) is 11.5. The number of rotatable bonds is 5. The van der Waals surface area contributed by atoms with E-state index in [-0.39, 0.29) is 17.2 Å². The minimum Gasteiger partial charge on any atom is -0.384 e. The number of benzene rings is 3. The number of alkyl halides is 3. The van der Waals surface area contributed by atoms with Crippen LogP contribution in [0.15, 0.2) is 88.2 Å². The molecular weight excluding hydrogens is 567 g/mol. The van der Waals surface area contributed by atoms with Gasteiger partial charge in [-0.05, 0) is 91.9 Å². The zero-order chi connectivity index (χ0) is 29.5. The quantitative estimate of drug-likeness (QED) is 0.300. The van der Waals surface area contributed by atoms with E-state index < -0.39 is 17.7 Å². The van der Waals surface area contributed by atoms with Crippen LogP contribution >= 0.6 is 23.4 Å². The number of hydrogen-bond donors (Lipinski definition) is 1. The van der Waals surface area contributed by atoms with Crippen LogP contribution in [0.2, 0.25) is 5.02 Å². The van der Waals surface area contributed by atoms with Crippen LogP contribution in [0.5, 0.6) is 0 Å². The molecule has 1 aliphatic heterocycles. The number of hydrogen-bond acceptors (Lipinski definition) is 5. The number of nitriles is 1. The third-order valence-electron chi connectivity index (χ3n) is 7.58. The first-order valence-corrected chi connectivity index (χ1v) is 14.5. The van der Waals surface area contributed by atoms with Crippen LogP contribution in [0.3, 0.4) is 0 Å². The fourth-order valence-electron chi connectivity index (χ4n) is 5.60. The monoisotopic (exact) mass is 593 g/mol. The van der Waals surface area contributed by atoms with E-state index in [0.29, 0.717) is 47.0 Å². The molecule has 1 atom stereocenters. The summed E-state index contributed by atoms with van der Waals surface area (Å²) in [6, 6.07) is 18.6. The second-order valence-electron chi connectivity index (χ2n) is 10.2. The largest absolute Gasteiger partial charge is 0.416 e. The van der Waals surface area contributed by atoms with Crippen LogP contribution in [0.4, 0.5) is 18.9 Å². The van der Waals surface area contributed by atoms with Gasteiger partial charge in [-0.2, -0.15) is 18.4 Å². The number of carbonyl (C=O) groups is 1. The van der Waals surface area contributed by atoms with Crippen molar-refractivity contribution in [2.45, 2.75) is 55.9 Å². The Balaban J connectivity index is 1.61. The molecule has 5 rings (SSSR count). The number of thioether (sulfide) groups is 1. The standard InChI is InChI=1S/C32H27ClF3N3OS/c1-18-14-20(17-41-24-12-8-22(33)9-13-24)19(2)25(15-18)29-26(16-37)31(38)39(27-4-3-5-28(40)30(27)29)23-10-6-21(7-11-23)32(34,35)36/h6-15,29H,3-5,17,38H2,1-2H3. The highest BCUT2D eigenvalue weighted by atomic mass is 35.5. The van der Waals surface area contributed by atoms with Crippen molar-refractivity contribution in [2.75, 3.05) is 4.90 Å². The van der Waals surface area contributed by atoms with Crippen LogP contribution in [-0.2, 0) is 16.7 Å². The highest BCUT2D eigenvalue weighted by Gasteiger charge is 2.41. The van der Waals surface area contributed by atoms with Crippen molar-refractivity contribution in [3.63, 3.8) is 0 Å². The summed E-state index contributed by atoms with van der Waals surface area (Å²) in [5, 5.41) is 11.0. The lowest BCUT2D eigenvalue weighted by Gasteiger charge is -2.40. The highest BCUT2D eigenvalue weighted by molar-refractivity contribution is 7.98. The van der Waals surface area contributed by atoms with Crippen molar-refractivity contribution in [3.05, 3.63) is 116 Å². The number of aryl methyl sites for hydroxylation is 1. The molecule has 0 spiro atoms. The second-order valence-corrected chi connectivity index (χ2v) is 11.7. The molecule has 1 unspecified atom stereocenters. The molecule has 0 bridgehead atoms. The van der Waals surface area contributed by atoms with Gasteiger partial charge >= 0.3 is 6.18 Å². The van der Waals surface area contributed by atoms with Crippen LogP contribution in [0.25, 0.3) is 0 Å². The van der Waals surface area contributed by atoms with E-state index in [0.717, 1.165) is 39.3 Å². The fraction of sp³-hybridized carbons (Fsp3) is 0.250. The third-order valence-corrected chi connectivity index (χ3v) is 8.90. The second kappa shape index (κ2) is 11.3. The van der Waals surface area contributed by atoms with Gasteiger partial charge in [0.2, 0.25) is 0 Å². The molecule has 41 heavy (non-hydrogen) atoms. The van der Waals surface area contributed by atoms with Crippen LogP contribution in [-0.4, -0.2) is 5.78 Å². The molecule has 0 saturated carbocycles. The Hall–Kier alpha value is -3.67. The third kappa shape index (κ3) is 5.61. The van der Waals surface area contributed by atoms with Gasteiger partial charge in [0, 0.05) is 39.0 Å². The van der Waals surface area contributed by atoms with Crippen LogP contribution in [0.1, 0.15) is 53.0 Å². The van der Waals surface area contributed by atoms with Gasteiger partial charge in [0.15, 0.2) is 5.78 Å². The Kier molecular flexibility index (Phi) is 7.95. The van der Waals surface area contributed by atoms with Crippen molar-refractivity contribution in [1.29, 1.82) is 5.26 Å². The highest BCUT2D eigenvalue weighted by Crippen LogP contribution is 2.48. The van der Waals surface area contributed by atoms with Gasteiger partial charge in [-0.3, -0.25) is 9.69 Å². The fourth-order valence-corrected chi connectivity index (χ4v) is 6.67. The van der Waals surface area contributed by atoms with E-state index >= 15 is 0 Å². The molecule has 0 amide bonds. The average Bonchev–Trinajstić information content (AvgIpc) is 2.93. The van der Waals surface area contributed by atoms with Crippen LogP contribution in [0, 0.1) is 25.2 Å². The number of Topliss-reactive ketones (excluding diaryl/α,β-unsaturated/α-hetero) is 1. The zero-order valence-electron chi connectivity index (χ0n) is 22.5. The number of halogens is 4. The Bertz CT molecular complexity index is 1620. The summed E-state index contributed by atoms with van der Waals surface area (Å²) < 4.78 is 39.7. The van der Waals surface area contributed by atoms with Gasteiger partial charge in [0.05, 0.1) is 23.1 Å². The molecule has 3 aromatic rings. The molecule has 210 valence electrons. The predicted octanol–water partition coefficient (Wildman–Crippen LogP) is 8.57. The topological polar surface area (TPSA) is 70.1 Å². The summed E-state index contributed by atoms with van der Waals surface area (Å²) >= 11 is 7.70. The number of nitrogens with two attached hydrogens (primary N) is 1. The summed E-state index contributed by atoms with van der Waals surface area (Å²) in [5.74, 6) is 0.0656. The van der Waals surface area contributed by atoms with Crippen molar-refractivity contribution in [1.82, 2.24) is 0 Å². The summed E-state index contributed by atoms with van der Waals surface area (Å²) in [4.78, 5) is 16.2. The first kappa shape index (κ1) is 28.8. The minimum atomic E-state index is -4.48. The van der Waals surface area contributed by atoms with Crippen molar-refractivity contribution in [2.24, 2.45) is 5.73 Å². The van der Waals surface area contributed by atoms with E-state index in [9.17, 15) is 23.2 Å². The summed E-state index contributed by atoms with van der Waals surface area (Å²) in [6.45, 7) is 3.97. The molecule has 4 nitrogen and oxygen atoms in total. The first-order chi connectivity index (χ1) is 19.5. The Labute approximate surface area is 246 Å². The molecule has 1 aliphatic carbocycles. The molecule has 2 N–H and O–H groups in total. The predicted molar refractivity (Wildman–Crippen MR) is 156 cm³/mol. The van der Waals surface area contributed by atoms with Gasteiger partial charge in [-0.15, -0.1) is 11.8 Å². The first-order valence-electron chi connectivity index (χ1n) is 13.1. The lowest BCUT2D eigenvalue weighted by molar-refractivity contribution is -0.137. The maximum atomic E-state index is 13.5. The van der Waals surface area contributed by atoms with Crippen molar-refractivity contribution in [3.8, 4) is 6.07 Å². The Morgan fingerprint density at radius 2 is 1.76 bits per heavy atom. The molecule has 3 aromatic carbocycles. The maximum absolute atomic E-state index is 13.5. The number of nitrogens with zero attached hydrogens (tertiary/aromatic N) is 2. The SMILES string of the molecule is Cc1cc(CSc2ccc(Cl)cc2)c(C)c(C2C(C#N)=C(N)N(c3ccc(C(F)(F)F)cc3)C3=C2C(=O)CCC3)c1. The summed E-state index contributed by atoms with van der Waals surface area (Å²) in [6.07, 6.45) is -3.05. The average molecular weight is 594 g/mol. The minimum absolute atomic E-state index is 0.0774. The number of carbonyl (C=O) groups excluding carboxylic acids is 1. The van der Waals surface area contributed by atoms with Crippen molar-refractivity contribution < 1.29 is 18.0 Å². The van der Waals surface area contributed by atoms with E-state index in [2.05, 4.69) is 12.1 Å². The number of allylic oxidation sites excluding steroid dienone is 3. The molecule has 0 saturated heterocycles. The van der Waals surface area contributed by atoms with Gasteiger partial charge in [0.25, 0.3) is 0 Å². The smallest absolute Gasteiger partial charge is 0.384 e. The molecule has 2 aliphatic rings. The summed E-state index contributed by atoms with van der Waals surface area (Å²) in [7, 11) is 0. The molecular formula is C32H27ClF3N3OS. The number of ketones is 1. The van der Waals surface area contributed by atoms with Gasteiger partial charge in [-0.1, -0.05) is 29.3 Å². The Morgan fingerprint density at radius 1 is 1.07 bits per heavy atom. The lowest BCUT2D eigenvalue weighted by Crippen LogP contribution is -2.39. The normalized spacial score (nSPS) is 17.5. The molecule has 0 fully saturated rings. The molecule has 0 aromatic heterocycles. The Morgan fingerprint density at radius 3 is 2.39 bits per heavy atom. The lowest BCUT2D eigenvalue weighted by atomic mass is 9.73. The van der Waals surface area contributed by atoms with E-state index in [4.69, 9.17) is 17.3 Å². The zero-order valence-corrected chi connectivity index (χ0v) is 24.1. The molecule has 9 heteroatoms. The molecule has 0 radical (unpaired) electrons. The number of anilines is 1. The van der Waals surface area contributed by atoms with Gasteiger partial charge < -0.3 is 5.73 Å². The van der Waals surface area contributed by atoms with Crippen molar-refractivity contribution >= 4 is 34.8 Å². The molecule has 1 heterocycles. The van der Waals surface area contributed by atoms with Gasteiger partial charge in [0.1, 0.15) is 5.82 Å². The van der Waals surface area contributed by atoms with Gasteiger partial charge in [-0.25, -0.2) is 0 Å². The van der Waals surface area contributed by atoms with E-state index in [1.807, 2.05) is 44.2 Å². The van der Waals surface area contributed by atoms with E-state index in [1.165, 1.54) is 12.1 Å².